The van der Waals surface area contributed by atoms with Crippen molar-refractivity contribution >= 4 is 44.9 Å². The van der Waals surface area contributed by atoms with Crippen LogP contribution in [0, 0.1) is 5.92 Å². The van der Waals surface area contributed by atoms with Crippen molar-refractivity contribution in [1.29, 1.82) is 0 Å². The third kappa shape index (κ3) is 3.59. The number of alkyl halides is 4. The summed E-state index contributed by atoms with van der Waals surface area (Å²) < 4.78 is 71.8. The molecule has 0 amide bonds. The van der Waals surface area contributed by atoms with Crippen molar-refractivity contribution in [2.45, 2.75) is 18.0 Å². The molecule has 1 atom stereocenters. The lowest BCUT2D eigenvalue weighted by molar-refractivity contribution is 0.0595. The first-order valence-corrected chi connectivity index (χ1v) is 11.2. The van der Waals surface area contributed by atoms with E-state index in [1.165, 1.54) is 18.3 Å². The minimum atomic E-state index is -5.81. The van der Waals surface area contributed by atoms with Crippen molar-refractivity contribution < 1.29 is 36.7 Å². The van der Waals surface area contributed by atoms with Crippen LogP contribution in [-0.4, -0.2) is 37.7 Å². The zero-order valence-electron chi connectivity index (χ0n) is 14.1. The highest BCUT2D eigenvalue weighted by molar-refractivity contribution is 9.10. The van der Waals surface area contributed by atoms with Crippen molar-refractivity contribution in [3.8, 4) is 17.0 Å². The van der Waals surface area contributed by atoms with Gasteiger partial charge in [0.2, 0.25) is 0 Å². The third-order valence-electron chi connectivity index (χ3n) is 4.44. The summed E-state index contributed by atoms with van der Waals surface area (Å²) >= 11 is 3.41. The Morgan fingerprint density at radius 1 is 1.41 bits per heavy atom. The van der Waals surface area contributed by atoms with Crippen LogP contribution in [0.5, 0.6) is 5.75 Å². The Morgan fingerprint density at radius 2 is 2.10 bits per heavy atom. The summed E-state index contributed by atoms with van der Waals surface area (Å²) in [5.74, 6) is -3.77. The highest BCUT2D eigenvalue weighted by atomic mass is 79.9. The standard InChI is InChI=1S/C15H11BrF4N3O4PS/c16-11-8-1-6(9-4-21-23-22-9)2-10(27-5-7-3-14(7,17)18)12(8)29-13(11)15(19,20)28(24,25)26/h1-2,4,7H,3,5H2,(H,21,22,23)(H2,24,25,26). The van der Waals surface area contributed by atoms with Gasteiger partial charge in [-0.05, 0) is 28.1 Å². The van der Waals surface area contributed by atoms with Crippen molar-refractivity contribution in [2.75, 3.05) is 6.61 Å². The summed E-state index contributed by atoms with van der Waals surface area (Å²) in [5, 5.41) is 10.1. The van der Waals surface area contributed by atoms with Gasteiger partial charge in [0.1, 0.15) is 16.3 Å². The Balaban J connectivity index is 1.85. The van der Waals surface area contributed by atoms with Gasteiger partial charge in [0, 0.05) is 21.8 Å². The predicted molar refractivity (Wildman–Crippen MR) is 99.4 cm³/mol. The van der Waals surface area contributed by atoms with E-state index in [0.29, 0.717) is 22.6 Å². The molecule has 0 spiro atoms. The Kier molecular flexibility index (Phi) is 4.82. The minimum absolute atomic E-state index is 0.0293. The van der Waals surface area contributed by atoms with Crippen LogP contribution in [0.1, 0.15) is 11.3 Å². The fraction of sp³-hybridized carbons (Fsp3) is 0.333. The number of benzene rings is 1. The summed E-state index contributed by atoms with van der Waals surface area (Å²) in [6.07, 6.45) is 1.04. The van der Waals surface area contributed by atoms with Crippen LogP contribution in [0.3, 0.4) is 0 Å². The number of H-pyrrole nitrogens is 1. The lowest BCUT2D eigenvalue weighted by Crippen LogP contribution is -2.12. The van der Waals surface area contributed by atoms with E-state index in [1.54, 1.807) is 0 Å². The second-order valence-electron chi connectivity index (χ2n) is 6.51. The normalized spacial score (nSPS) is 18.9. The van der Waals surface area contributed by atoms with Crippen LogP contribution in [-0.2, 0) is 10.2 Å². The topological polar surface area (TPSA) is 108 Å². The summed E-state index contributed by atoms with van der Waals surface area (Å²) in [4.78, 5) is 17.3. The maximum absolute atomic E-state index is 14.3. The molecule has 3 aromatic rings. The van der Waals surface area contributed by atoms with Gasteiger partial charge in [-0.25, -0.2) is 8.78 Å². The lowest BCUT2D eigenvalue weighted by atomic mass is 10.1. The van der Waals surface area contributed by atoms with Crippen molar-refractivity contribution in [3.05, 3.63) is 27.7 Å². The molecular formula is C15H11BrF4N3O4PS. The van der Waals surface area contributed by atoms with Gasteiger partial charge in [-0.15, -0.1) is 11.3 Å². The predicted octanol–water partition coefficient (Wildman–Crippen LogP) is 4.71. The Morgan fingerprint density at radius 3 is 2.66 bits per heavy atom. The number of thiophene rings is 1. The first-order valence-electron chi connectivity index (χ1n) is 7.98. The maximum atomic E-state index is 14.3. The number of ether oxygens (including phenoxy) is 1. The number of halogens is 5. The number of aromatic amines is 1. The SMILES string of the molecule is O=P(O)(O)C(F)(F)c1sc2c(OCC3CC3(F)F)cc(-c3cn[nH]n3)cc2c1Br. The van der Waals surface area contributed by atoms with Gasteiger partial charge in [-0.3, -0.25) is 4.57 Å². The average molecular weight is 516 g/mol. The van der Waals surface area contributed by atoms with E-state index in [9.17, 15) is 22.1 Å². The number of hydrogen-bond donors (Lipinski definition) is 3. The molecule has 0 saturated heterocycles. The summed E-state index contributed by atoms with van der Waals surface area (Å²) in [6.45, 7) is -0.329. The van der Waals surface area contributed by atoms with E-state index in [2.05, 4.69) is 31.3 Å². The molecule has 4 rings (SSSR count). The lowest BCUT2D eigenvalue weighted by Gasteiger charge is -2.16. The van der Waals surface area contributed by atoms with Crippen LogP contribution in [0.2, 0.25) is 0 Å². The highest BCUT2D eigenvalue weighted by Crippen LogP contribution is 2.63. The van der Waals surface area contributed by atoms with E-state index >= 15 is 0 Å². The molecule has 1 aliphatic rings. The molecule has 7 nitrogen and oxygen atoms in total. The number of fused-ring (bicyclic) bond motifs is 1. The van der Waals surface area contributed by atoms with Crippen LogP contribution < -0.4 is 4.74 Å². The Bertz CT molecular complexity index is 1130. The van der Waals surface area contributed by atoms with E-state index in [1.807, 2.05) is 0 Å². The van der Waals surface area contributed by atoms with Crippen LogP contribution in [0.25, 0.3) is 21.3 Å². The van der Waals surface area contributed by atoms with E-state index in [4.69, 9.17) is 14.5 Å². The molecule has 1 saturated carbocycles. The van der Waals surface area contributed by atoms with E-state index < -0.39 is 30.0 Å². The Hall–Kier alpha value is -1.53. The molecular weight excluding hydrogens is 505 g/mol. The summed E-state index contributed by atoms with van der Waals surface area (Å²) in [6, 6.07) is 2.90. The number of hydrogen-bond acceptors (Lipinski definition) is 5. The zero-order valence-corrected chi connectivity index (χ0v) is 17.4. The smallest absolute Gasteiger partial charge is 0.400 e. The molecule has 156 valence electrons. The summed E-state index contributed by atoms with van der Waals surface area (Å²) in [7, 11) is -5.81. The second-order valence-corrected chi connectivity index (χ2v) is 9.97. The van der Waals surface area contributed by atoms with Gasteiger partial charge >= 0.3 is 13.3 Å². The molecule has 2 heterocycles. The Labute approximate surface area is 172 Å². The molecule has 3 N–H and O–H groups in total. The van der Waals surface area contributed by atoms with Gasteiger partial charge in [0.05, 0.1) is 23.4 Å². The quantitative estimate of drug-likeness (QED) is 0.324. The zero-order chi connectivity index (χ0) is 21.2. The fourth-order valence-corrected chi connectivity index (χ4v) is 5.68. The molecule has 1 unspecified atom stereocenters. The second kappa shape index (κ2) is 6.74. The number of nitrogens with one attached hydrogen (secondary N) is 1. The molecule has 0 bridgehead atoms. The molecule has 2 aromatic heterocycles. The van der Waals surface area contributed by atoms with Crippen LogP contribution in [0.4, 0.5) is 17.6 Å². The van der Waals surface area contributed by atoms with Crippen molar-refractivity contribution in [3.63, 3.8) is 0 Å². The van der Waals surface area contributed by atoms with Gasteiger partial charge in [-0.2, -0.15) is 24.2 Å². The third-order valence-corrected chi connectivity index (χ3v) is 7.92. The highest BCUT2D eigenvalue weighted by Gasteiger charge is 2.57. The summed E-state index contributed by atoms with van der Waals surface area (Å²) in [5.41, 5.74) is -3.70. The number of nitrogens with zero attached hydrogens (tertiary/aromatic N) is 2. The fourth-order valence-electron chi connectivity index (χ4n) is 2.70. The van der Waals surface area contributed by atoms with Crippen molar-refractivity contribution in [1.82, 2.24) is 15.4 Å². The van der Waals surface area contributed by atoms with Crippen LogP contribution in [0.15, 0.2) is 22.8 Å². The average Bonchev–Trinajstić information content (AvgIpc) is 3.00. The first kappa shape index (κ1) is 20.7. The van der Waals surface area contributed by atoms with Gasteiger partial charge in [0.25, 0.3) is 5.92 Å². The molecule has 1 aromatic carbocycles. The minimum Gasteiger partial charge on any atom is -0.492 e. The van der Waals surface area contributed by atoms with Crippen LogP contribution >= 0.6 is 34.9 Å². The monoisotopic (exact) mass is 515 g/mol. The molecule has 0 radical (unpaired) electrons. The molecule has 1 aliphatic carbocycles. The van der Waals surface area contributed by atoms with Gasteiger partial charge in [-0.1, -0.05) is 0 Å². The van der Waals surface area contributed by atoms with Gasteiger partial charge < -0.3 is 14.5 Å². The first-order chi connectivity index (χ1) is 13.4. The number of rotatable bonds is 6. The molecule has 14 heteroatoms. The largest absolute Gasteiger partial charge is 0.492 e. The molecule has 1 fully saturated rings. The molecule has 29 heavy (non-hydrogen) atoms. The maximum Gasteiger partial charge on any atom is 0.400 e. The van der Waals surface area contributed by atoms with Crippen molar-refractivity contribution in [2.24, 2.45) is 5.92 Å². The van der Waals surface area contributed by atoms with Gasteiger partial charge in [0.15, 0.2) is 0 Å². The van der Waals surface area contributed by atoms with E-state index in [0.717, 1.165) is 0 Å². The molecule has 0 aliphatic heterocycles. The number of aromatic nitrogens is 3. The van der Waals surface area contributed by atoms with E-state index in [-0.39, 0.29) is 33.3 Å².